The molecule has 0 aromatic heterocycles. The topological polar surface area (TPSA) is 58.6 Å². The van der Waals surface area contributed by atoms with Gasteiger partial charge in [-0.05, 0) is 37.7 Å². The van der Waals surface area contributed by atoms with E-state index in [2.05, 4.69) is 17.4 Å². The number of rotatable bonds is 7. The van der Waals surface area contributed by atoms with Gasteiger partial charge in [0.2, 0.25) is 11.8 Å². The van der Waals surface area contributed by atoms with Crippen molar-refractivity contribution in [2.24, 2.45) is 11.8 Å². The van der Waals surface area contributed by atoms with Gasteiger partial charge in [-0.2, -0.15) is 0 Å². The molecule has 1 aliphatic heterocycles. The summed E-state index contributed by atoms with van der Waals surface area (Å²) in [4.78, 5) is 27.3. The number of carbonyl (C=O) groups excluding carboxylic acids is 2. The van der Waals surface area contributed by atoms with Gasteiger partial charge in [0.05, 0.1) is 12.6 Å². The van der Waals surface area contributed by atoms with Crippen molar-refractivity contribution in [2.75, 3.05) is 26.8 Å². The first-order chi connectivity index (χ1) is 13.2. The molecule has 2 amide bonds. The standard InChI is InChI=1S/C22H32N2O3/c1-27-16-20(15-17-7-3-2-4-8-17)23-21(25)18-11-13-24(14-12-18)22(26)19-9-5-6-10-19/h2-4,7-8,18-20H,5-6,9-16H2,1H3,(H,23,25). The summed E-state index contributed by atoms with van der Waals surface area (Å²) >= 11 is 0. The van der Waals surface area contributed by atoms with E-state index in [0.717, 1.165) is 32.1 Å². The zero-order valence-electron chi connectivity index (χ0n) is 16.4. The highest BCUT2D eigenvalue weighted by Crippen LogP contribution is 2.28. The van der Waals surface area contributed by atoms with E-state index < -0.39 is 0 Å². The predicted molar refractivity (Wildman–Crippen MR) is 105 cm³/mol. The second kappa shape index (κ2) is 9.88. The zero-order valence-corrected chi connectivity index (χ0v) is 16.4. The average Bonchev–Trinajstić information content (AvgIpc) is 3.23. The third-order valence-electron chi connectivity index (χ3n) is 5.92. The quantitative estimate of drug-likeness (QED) is 0.801. The molecule has 1 saturated heterocycles. The first-order valence-electron chi connectivity index (χ1n) is 10.3. The fourth-order valence-electron chi connectivity index (χ4n) is 4.36. The van der Waals surface area contributed by atoms with E-state index in [9.17, 15) is 9.59 Å². The van der Waals surface area contributed by atoms with Crippen molar-refractivity contribution in [3.63, 3.8) is 0 Å². The highest BCUT2D eigenvalue weighted by atomic mass is 16.5. The fourth-order valence-corrected chi connectivity index (χ4v) is 4.36. The van der Waals surface area contributed by atoms with Crippen LogP contribution in [-0.4, -0.2) is 49.6 Å². The third kappa shape index (κ3) is 5.55. The van der Waals surface area contributed by atoms with Gasteiger partial charge in [0, 0.05) is 32.0 Å². The van der Waals surface area contributed by atoms with Crippen molar-refractivity contribution in [1.82, 2.24) is 10.2 Å². The number of carbonyl (C=O) groups is 2. The van der Waals surface area contributed by atoms with Crippen LogP contribution in [0.2, 0.25) is 0 Å². The number of piperidine rings is 1. The smallest absolute Gasteiger partial charge is 0.225 e. The van der Waals surface area contributed by atoms with Crippen LogP contribution in [0.25, 0.3) is 0 Å². The molecular formula is C22H32N2O3. The molecule has 27 heavy (non-hydrogen) atoms. The lowest BCUT2D eigenvalue weighted by molar-refractivity contribution is -0.139. The predicted octanol–water partition coefficient (Wildman–Crippen LogP) is 2.79. The van der Waals surface area contributed by atoms with Gasteiger partial charge in [-0.15, -0.1) is 0 Å². The van der Waals surface area contributed by atoms with Crippen molar-refractivity contribution < 1.29 is 14.3 Å². The number of likely N-dealkylation sites (tertiary alicyclic amines) is 1. The summed E-state index contributed by atoms with van der Waals surface area (Å²) in [5.41, 5.74) is 1.19. The van der Waals surface area contributed by atoms with Crippen molar-refractivity contribution >= 4 is 11.8 Å². The van der Waals surface area contributed by atoms with Crippen LogP contribution < -0.4 is 5.32 Å². The Bertz CT molecular complexity index is 605. The van der Waals surface area contributed by atoms with E-state index in [-0.39, 0.29) is 23.8 Å². The van der Waals surface area contributed by atoms with Gasteiger partial charge >= 0.3 is 0 Å². The Kier molecular flexibility index (Phi) is 7.27. The zero-order chi connectivity index (χ0) is 19.1. The molecule has 2 aliphatic rings. The lowest BCUT2D eigenvalue weighted by Gasteiger charge is -2.33. The summed E-state index contributed by atoms with van der Waals surface area (Å²) in [5, 5.41) is 3.17. The van der Waals surface area contributed by atoms with Crippen molar-refractivity contribution in [3.8, 4) is 0 Å². The number of methoxy groups -OCH3 is 1. The van der Waals surface area contributed by atoms with Crippen molar-refractivity contribution in [2.45, 2.75) is 51.0 Å². The third-order valence-corrected chi connectivity index (χ3v) is 5.92. The van der Waals surface area contributed by atoms with Crippen LogP contribution in [-0.2, 0) is 20.7 Å². The number of amides is 2. The van der Waals surface area contributed by atoms with Crippen LogP contribution in [0, 0.1) is 11.8 Å². The Hall–Kier alpha value is -1.88. The molecule has 5 nitrogen and oxygen atoms in total. The lowest BCUT2D eigenvalue weighted by atomic mass is 9.94. The molecule has 148 valence electrons. The number of hydrogen-bond donors (Lipinski definition) is 1. The molecule has 0 radical (unpaired) electrons. The Balaban J connectivity index is 1.48. The second-order valence-corrected chi connectivity index (χ2v) is 7.93. The van der Waals surface area contributed by atoms with Crippen LogP contribution in [0.4, 0.5) is 0 Å². The lowest BCUT2D eigenvalue weighted by Crippen LogP contribution is -2.47. The molecule has 5 heteroatoms. The van der Waals surface area contributed by atoms with Gasteiger partial charge in [0.1, 0.15) is 0 Å². The largest absolute Gasteiger partial charge is 0.383 e. The average molecular weight is 373 g/mol. The van der Waals surface area contributed by atoms with Crippen LogP contribution in [0.15, 0.2) is 30.3 Å². The minimum absolute atomic E-state index is 0.00671. The summed E-state index contributed by atoms with van der Waals surface area (Å²) in [6.07, 6.45) is 6.72. The van der Waals surface area contributed by atoms with E-state index in [1.807, 2.05) is 23.1 Å². The van der Waals surface area contributed by atoms with Gasteiger partial charge in [-0.3, -0.25) is 9.59 Å². The number of benzene rings is 1. The van der Waals surface area contributed by atoms with E-state index in [1.54, 1.807) is 7.11 Å². The SMILES string of the molecule is COCC(Cc1ccccc1)NC(=O)C1CCN(C(=O)C2CCCC2)CC1. The summed E-state index contributed by atoms with van der Waals surface area (Å²) in [6, 6.07) is 10.1. The van der Waals surface area contributed by atoms with Crippen LogP contribution in [0.1, 0.15) is 44.1 Å². The molecule has 1 aromatic rings. The summed E-state index contributed by atoms with van der Waals surface area (Å²) < 4.78 is 5.30. The highest BCUT2D eigenvalue weighted by molar-refractivity contribution is 5.81. The molecule has 1 unspecified atom stereocenters. The highest BCUT2D eigenvalue weighted by Gasteiger charge is 2.32. The number of hydrogen-bond acceptors (Lipinski definition) is 3. The molecule has 1 N–H and O–H groups in total. The van der Waals surface area contributed by atoms with Crippen molar-refractivity contribution in [1.29, 1.82) is 0 Å². The second-order valence-electron chi connectivity index (χ2n) is 7.93. The summed E-state index contributed by atoms with van der Waals surface area (Å²) in [5.74, 6) is 0.633. The minimum atomic E-state index is -0.0250. The Labute approximate surface area is 162 Å². The fraction of sp³-hybridized carbons (Fsp3) is 0.636. The van der Waals surface area contributed by atoms with E-state index in [1.165, 1.54) is 18.4 Å². The van der Waals surface area contributed by atoms with E-state index in [4.69, 9.17) is 4.74 Å². The molecule has 0 spiro atoms. The molecule has 2 fully saturated rings. The molecule has 3 rings (SSSR count). The normalized spacial score (nSPS) is 19.8. The summed E-state index contributed by atoms with van der Waals surface area (Å²) in [7, 11) is 1.66. The first kappa shape index (κ1) is 19.9. The van der Waals surface area contributed by atoms with Crippen LogP contribution in [0.5, 0.6) is 0 Å². The Morgan fingerprint density at radius 2 is 1.74 bits per heavy atom. The summed E-state index contributed by atoms with van der Waals surface area (Å²) in [6.45, 7) is 1.92. The number of ether oxygens (including phenoxy) is 1. The Morgan fingerprint density at radius 3 is 2.37 bits per heavy atom. The Morgan fingerprint density at radius 1 is 1.07 bits per heavy atom. The van der Waals surface area contributed by atoms with E-state index >= 15 is 0 Å². The molecule has 1 aromatic carbocycles. The van der Waals surface area contributed by atoms with Crippen molar-refractivity contribution in [3.05, 3.63) is 35.9 Å². The van der Waals surface area contributed by atoms with Gasteiger partial charge in [-0.1, -0.05) is 43.2 Å². The molecule has 1 heterocycles. The van der Waals surface area contributed by atoms with Gasteiger partial charge in [-0.25, -0.2) is 0 Å². The van der Waals surface area contributed by atoms with Gasteiger partial charge in [0.15, 0.2) is 0 Å². The number of nitrogens with one attached hydrogen (secondary N) is 1. The van der Waals surface area contributed by atoms with Crippen LogP contribution in [0.3, 0.4) is 0 Å². The van der Waals surface area contributed by atoms with Crippen LogP contribution >= 0.6 is 0 Å². The maximum Gasteiger partial charge on any atom is 0.225 e. The molecule has 1 saturated carbocycles. The first-order valence-corrected chi connectivity index (χ1v) is 10.3. The molecule has 1 atom stereocenters. The number of nitrogens with zero attached hydrogens (tertiary/aromatic N) is 1. The maximum atomic E-state index is 12.7. The van der Waals surface area contributed by atoms with Gasteiger partial charge < -0.3 is 15.0 Å². The minimum Gasteiger partial charge on any atom is -0.383 e. The monoisotopic (exact) mass is 372 g/mol. The molecule has 0 bridgehead atoms. The molecular weight excluding hydrogens is 340 g/mol. The van der Waals surface area contributed by atoms with Gasteiger partial charge in [0.25, 0.3) is 0 Å². The molecule has 1 aliphatic carbocycles. The van der Waals surface area contributed by atoms with E-state index in [0.29, 0.717) is 25.6 Å². The maximum absolute atomic E-state index is 12.7.